The molecule has 416 valence electrons. The van der Waals surface area contributed by atoms with Crippen LogP contribution in [0.5, 0.6) is 6.01 Å². The fourth-order valence-corrected chi connectivity index (χ4v) is 12.1. The average Bonchev–Trinajstić information content (AvgIpc) is 3.95. The predicted molar refractivity (Wildman–Crippen MR) is 273 cm³/mol. The summed E-state index contributed by atoms with van der Waals surface area (Å²) in [6.07, 6.45) is -4.05. The van der Waals surface area contributed by atoms with E-state index in [0.717, 1.165) is 13.7 Å². The Kier molecular flexibility index (Phi) is 19.3. The number of hydrogen-bond donors (Lipinski definition) is 5. The smallest absolute Gasteiger partial charge is 0.351 e. The number of aromatic nitrogens is 8. The fraction of sp³-hybridized carbons (Fsp3) is 0.652. The SMILES string of the molecule is CCC1(CC)O[C@@H](n2ccc(=O)[nH]c2=O)[C@H](F)[C@@H]1C.CC[C@@]1(CBr)O[C@@H](n2ccc(=O)[nH]c2=O)[C@H](F)[C@@H]1C.C[C@H]1[C@@H](F)[C@H]2O[C@]1(CBr)COc1nc(=O)ccn12.Nc1ccn([C@@H]2O[C@@](CO)(CBr)[C@@H](O)[C@H]2F)c(=O)n1. The van der Waals surface area contributed by atoms with E-state index in [1.165, 1.54) is 53.6 Å². The molecule has 4 saturated heterocycles. The first-order valence-electron chi connectivity index (χ1n) is 23.9. The number of ether oxygens (including phenoxy) is 5. The molecule has 75 heavy (non-hydrogen) atoms. The van der Waals surface area contributed by atoms with Gasteiger partial charge in [-0.2, -0.15) is 9.97 Å². The zero-order chi connectivity index (χ0) is 55.5. The number of aliphatic hydroxyl groups is 2. The van der Waals surface area contributed by atoms with Crippen molar-refractivity contribution in [1.82, 2.24) is 38.2 Å². The van der Waals surface area contributed by atoms with Gasteiger partial charge < -0.3 is 39.6 Å². The van der Waals surface area contributed by atoms with E-state index >= 15 is 0 Å². The van der Waals surface area contributed by atoms with Crippen LogP contribution in [0.4, 0.5) is 23.4 Å². The summed E-state index contributed by atoms with van der Waals surface area (Å²) >= 11 is 9.77. The number of aliphatic hydroxyl groups excluding tert-OH is 2. The van der Waals surface area contributed by atoms with E-state index in [1.807, 2.05) is 20.8 Å². The maximum Gasteiger partial charge on any atom is 0.351 e. The van der Waals surface area contributed by atoms with Gasteiger partial charge in [0, 0.05) is 76.7 Å². The number of hydrogen-bond acceptors (Lipinski definition) is 16. The maximum absolute atomic E-state index is 14.4. The lowest BCUT2D eigenvalue weighted by Crippen LogP contribution is -2.47. The van der Waals surface area contributed by atoms with Crippen LogP contribution in [0.25, 0.3) is 0 Å². The molecule has 0 aliphatic carbocycles. The molecule has 0 spiro atoms. The molecule has 29 heteroatoms. The van der Waals surface area contributed by atoms with Gasteiger partial charge >= 0.3 is 23.1 Å². The van der Waals surface area contributed by atoms with Crippen molar-refractivity contribution in [2.45, 2.75) is 139 Å². The van der Waals surface area contributed by atoms with Gasteiger partial charge in [-0.25, -0.2) is 31.9 Å². The second-order valence-electron chi connectivity index (χ2n) is 18.8. The first-order chi connectivity index (χ1) is 35.4. The van der Waals surface area contributed by atoms with Crippen LogP contribution in [-0.4, -0.2) is 131 Å². The van der Waals surface area contributed by atoms with Crippen molar-refractivity contribution in [3.05, 3.63) is 112 Å². The molecule has 9 rings (SSSR count). The van der Waals surface area contributed by atoms with Crippen LogP contribution in [0.2, 0.25) is 0 Å². The van der Waals surface area contributed by atoms with Gasteiger partial charge in [0.2, 0.25) is 0 Å². The number of nitrogens with one attached hydrogen (secondary N) is 2. The lowest BCUT2D eigenvalue weighted by molar-refractivity contribution is -0.113. The minimum Gasteiger partial charge on any atom is -0.461 e. The van der Waals surface area contributed by atoms with E-state index in [9.17, 15) is 56.5 Å². The summed E-state index contributed by atoms with van der Waals surface area (Å²) in [5, 5.41) is 20.1. The van der Waals surface area contributed by atoms with Crippen LogP contribution in [0.3, 0.4) is 0 Å². The minimum absolute atomic E-state index is 0.00381. The molecule has 15 atom stereocenters. The summed E-state index contributed by atoms with van der Waals surface area (Å²) in [5.41, 5.74) is -1.58. The molecule has 0 aromatic carbocycles. The zero-order valence-corrected chi connectivity index (χ0v) is 46.3. The highest BCUT2D eigenvalue weighted by Gasteiger charge is 2.58. The van der Waals surface area contributed by atoms with Gasteiger partial charge in [0.25, 0.3) is 16.7 Å². The van der Waals surface area contributed by atoms with Crippen molar-refractivity contribution in [3.63, 3.8) is 0 Å². The molecule has 0 saturated carbocycles. The van der Waals surface area contributed by atoms with Crippen LogP contribution in [0.1, 0.15) is 85.7 Å². The van der Waals surface area contributed by atoms with E-state index in [1.54, 1.807) is 20.8 Å². The standard InChI is InChI=1S/C13H19FN2O3.C12H16BrFN2O3.C11H12BrFN2O3.C10H13BrFN3O4/c1-4-13(5-2)8(3)10(14)11(19-13)16-7-6-9(17)15-12(16)18;1-3-12(6-13)7(2)9(14)10(19-12)16-5-4-8(17)15-11(16)18;1-6-8(13)9-15-3-2-7(16)14-10(15)17-5-11(6,4-12)18-9;11-3-10(4-16)7(17)6(12)8(19-10)15-2-1-5(13)14-9(15)18/h6-8,10-11H,4-5H2,1-3H3,(H,15,17,18);4-5,7,9-10H,3,6H2,1-2H3,(H,15,17,18);2-3,6,8-9H,4-5H2,1H3;1-2,6-8,16-17H,3-4H2,(H2,13,14,18)/t8-,10+,11+;7-,9+,10+,12-;6-,8+,9+,11+;6-,7+,8-,10-/m0001/s1. The molecule has 0 unspecified atom stereocenters. The Balaban J connectivity index is 0.000000163. The van der Waals surface area contributed by atoms with E-state index < -0.39 is 118 Å². The first kappa shape index (κ1) is 59.9. The first-order valence-corrected chi connectivity index (χ1v) is 27.2. The number of halogens is 7. The number of fused-ring (bicyclic) bond motifs is 4. The molecule has 6 N–H and O–H groups in total. The van der Waals surface area contributed by atoms with E-state index in [-0.39, 0.29) is 41.5 Å². The van der Waals surface area contributed by atoms with Crippen molar-refractivity contribution in [1.29, 1.82) is 0 Å². The number of alkyl halides is 7. The Morgan fingerprint density at radius 1 is 0.627 bits per heavy atom. The normalized spacial score (nSPS) is 34.1. The fourth-order valence-electron chi connectivity index (χ4n) is 9.63. The summed E-state index contributed by atoms with van der Waals surface area (Å²) < 4.78 is 90.2. The Labute approximate surface area is 450 Å². The molecule has 4 fully saturated rings. The van der Waals surface area contributed by atoms with Crippen molar-refractivity contribution in [2.75, 3.05) is 34.9 Å². The van der Waals surface area contributed by atoms with Crippen molar-refractivity contribution >= 4 is 53.6 Å². The summed E-state index contributed by atoms with van der Waals surface area (Å²) in [4.78, 5) is 79.8. The van der Waals surface area contributed by atoms with Crippen LogP contribution in [-0.2, 0) is 18.9 Å². The van der Waals surface area contributed by atoms with Crippen LogP contribution in [0.15, 0.2) is 77.8 Å². The molecular formula is C46H60Br3F4N9O13. The van der Waals surface area contributed by atoms with Gasteiger partial charge in [0.05, 0.1) is 17.8 Å². The molecule has 4 aromatic heterocycles. The molecule has 9 heterocycles. The zero-order valence-electron chi connectivity index (χ0n) is 41.5. The third kappa shape index (κ3) is 11.5. The number of aromatic amines is 2. The average molecular weight is 1260 g/mol. The second-order valence-corrected chi connectivity index (χ2v) is 20.5. The molecule has 0 radical (unpaired) electrons. The summed E-state index contributed by atoms with van der Waals surface area (Å²) in [5.74, 6) is -0.939. The largest absolute Gasteiger partial charge is 0.461 e. The highest BCUT2D eigenvalue weighted by Crippen LogP contribution is 2.49. The van der Waals surface area contributed by atoms with Crippen LogP contribution < -0.4 is 44.2 Å². The van der Waals surface area contributed by atoms with Crippen molar-refractivity contribution in [2.24, 2.45) is 17.8 Å². The lowest BCUT2D eigenvalue weighted by Gasteiger charge is -2.30. The van der Waals surface area contributed by atoms with Gasteiger partial charge in [-0.1, -0.05) is 89.3 Å². The molecule has 5 aliphatic rings. The van der Waals surface area contributed by atoms with Crippen molar-refractivity contribution in [3.8, 4) is 6.01 Å². The number of anilines is 1. The molecule has 4 aromatic rings. The third-order valence-corrected chi connectivity index (χ3v) is 17.8. The minimum atomic E-state index is -1.87. The van der Waals surface area contributed by atoms with Gasteiger partial charge in [0.1, 0.15) is 29.7 Å². The van der Waals surface area contributed by atoms with Crippen LogP contribution in [0, 0.1) is 17.8 Å². The van der Waals surface area contributed by atoms with Gasteiger partial charge in [-0.05, 0) is 25.3 Å². The number of rotatable bonds is 10. The van der Waals surface area contributed by atoms with E-state index in [4.69, 9.17) is 29.4 Å². The van der Waals surface area contributed by atoms with Gasteiger partial charge in [-0.15, -0.1) is 0 Å². The maximum atomic E-state index is 14.4. The summed E-state index contributed by atoms with van der Waals surface area (Å²) in [6.45, 7) is 10.8. The Bertz CT molecular complexity index is 2870. The Morgan fingerprint density at radius 2 is 1.08 bits per heavy atom. The summed E-state index contributed by atoms with van der Waals surface area (Å²) in [6, 6.07) is 5.08. The lowest BCUT2D eigenvalue weighted by atomic mass is 9.83. The number of nitrogens with two attached hydrogens (primary N) is 1. The molecule has 5 aliphatic heterocycles. The highest BCUT2D eigenvalue weighted by atomic mass is 79.9. The number of H-pyrrole nitrogens is 2. The van der Waals surface area contributed by atoms with Gasteiger partial charge in [0.15, 0.2) is 49.6 Å². The quantitative estimate of drug-likeness (QED) is 0.112. The number of nitrogens with zero attached hydrogens (tertiary/aromatic N) is 6. The monoisotopic (exact) mass is 1260 g/mol. The molecule has 0 amide bonds. The Hall–Kier alpha value is -4.36. The predicted octanol–water partition coefficient (Wildman–Crippen LogP) is 3.63. The Morgan fingerprint density at radius 3 is 1.52 bits per heavy atom. The summed E-state index contributed by atoms with van der Waals surface area (Å²) in [7, 11) is 0. The number of nitrogen functional groups attached to an aromatic ring is 1. The third-order valence-electron chi connectivity index (χ3n) is 14.9. The molecule has 22 nitrogen and oxygen atoms in total. The molecular weight excluding hydrogens is 1200 g/mol. The van der Waals surface area contributed by atoms with Gasteiger partial charge in [-0.3, -0.25) is 42.6 Å². The second kappa shape index (κ2) is 24.1. The van der Waals surface area contributed by atoms with E-state index in [0.29, 0.717) is 29.9 Å². The topological polar surface area (TPSA) is 292 Å². The molecule has 2 bridgehead atoms. The van der Waals surface area contributed by atoms with Crippen LogP contribution >= 0.6 is 47.8 Å². The van der Waals surface area contributed by atoms with E-state index in [2.05, 4.69) is 67.7 Å². The van der Waals surface area contributed by atoms with Crippen molar-refractivity contribution < 1.29 is 51.5 Å². The highest BCUT2D eigenvalue weighted by molar-refractivity contribution is 9.09.